The standard InChI is InChI=1S/C22H34N4O2/c1-18(21(23)19-9-5-4-6-10-19)22(28)26-15-13-24(14-16-26)17-20(27)25-11-7-2-3-8-12-25/h4-6,9-10,18,21H,2-3,7-8,11-17,23H2,1H3. The maximum atomic E-state index is 12.9. The third-order valence-electron chi connectivity index (χ3n) is 6.11. The van der Waals surface area contributed by atoms with Gasteiger partial charge in [0.2, 0.25) is 11.8 Å². The van der Waals surface area contributed by atoms with E-state index < -0.39 is 0 Å². The monoisotopic (exact) mass is 386 g/mol. The van der Waals surface area contributed by atoms with Crippen molar-refractivity contribution >= 4 is 11.8 Å². The van der Waals surface area contributed by atoms with Gasteiger partial charge in [-0.2, -0.15) is 0 Å². The Kier molecular flexibility index (Phi) is 7.45. The van der Waals surface area contributed by atoms with E-state index in [2.05, 4.69) is 4.90 Å². The maximum absolute atomic E-state index is 12.9. The van der Waals surface area contributed by atoms with E-state index in [0.29, 0.717) is 19.6 Å². The highest BCUT2D eigenvalue weighted by atomic mass is 16.2. The molecule has 1 aromatic rings. The van der Waals surface area contributed by atoms with Crippen molar-refractivity contribution in [2.75, 3.05) is 45.8 Å². The summed E-state index contributed by atoms with van der Waals surface area (Å²) >= 11 is 0. The molecule has 2 amide bonds. The average Bonchev–Trinajstić information content (AvgIpc) is 3.03. The van der Waals surface area contributed by atoms with Crippen LogP contribution in [0.5, 0.6) is 0 Å². The molecule has 0 radical (unpaired) electrons. The van der Waals surface area contributed by atoms with E-state index >= 15 is 0 Å². The van der Waals surface area contributed by atoms with Crippen LogP contribution in [0.25, 0.3) is 0 Å². The van der Waals surface area contributed by atoms with Crippen LogP contribution in [0.2, 0.25) is 0 Å². The summed E-state index contributed by atoms with van der Waals surface area (Å²) in [4.78, 5) is 31.6. The van der Waals surface area contributed by atoms with Crippen molar-refractivity contribution in [2.45, 2.75) is 38.6 Å². The van der Waals surface area contributed by atoms with Gasteiger partial charge in [0, 0.05) is 45.3 Å². The fourth-order valence-corrected chi connectivity index (χ4v) is 4.14. The molecule has 2 aliphatic rings. The SMILES string of the molecule is CC(C(=O)N1CCN(CC(=O)N2CCCCCC2)CC1)C(N)c1ccccc1. The van der Waals surface area contributed by atoms with Crippen molar-refractivity contribution in [3.05, 3.63) is 35.9 Å². The number of rotatable bonds is 5. The summed E-state index contributed by atoms with van der Waals surface area (Å²) in [6.07, 6.45) is 4.70. The Morgan fingerprint density at radius 2 is 1.50 bits per heavy atom. The molecule has 0 aliphatic carbocycles. The smallest absolute Gasteiger partial charge is 0.236 e. The van der Waals surface area contributed by atoms with Gasteiger partial charge in [-0.3, -0.25) is 14.5 Å². The summed E-state index contributed by atoms with van der Waals surface area (Å²) in [6.45, 7) is 7.00. The van der Waals surface area contributed by atoms with E-state index in [1.807, 2.05) is 47.1 Å². The maximum Gasteiger partial charge on any atom is 0.236 e. The van der Waals surface area contributed by atoms with E-state index in [1.165, 1.54) is 12.8 Å². The third kappa shape index (κ3) is 5.32. The number of benzene rings is 1. The highest BCUT2D eigenvalue weighted by Crippen LogP contribution is 2.21. The Balaban J connectivity index is 1.46. The zero-order valence-electron chi connectivity index (χ0n) is 17.1. The van der Waals surface area contributed by atoms with Gasteiger partial charge in [-0.15, -0.1) is 0 Å². The largest absolute Gasteiger partial charge is 0.342 e. The number of hydrogen-bond donors (Lipinski definition) is 1. The number of carbonyl (C=O) groups excluding carboxylic acids is 2. The van der Waals surface area contributed by atoms with Crippen LogP contribution < -0.4 is 5.73 Å². The van der Waals surface area contributed by atoms with Gasteiger partial charge in [0.1, 0.15) is 0 Å². The molecule has 154 valence electrons. The van der Waals surface area contributed by atoms with E-state index in [1.54, 1.807) is 0 Å². The summed E-state index contributed by atoms with van der Waals surface area (Å²) in [5.74, 6) is 0.0867. The first kappa shape index (κ1) is 20.8. The fraction of sp³-hybridized carbons (Fsp3) is 0.636. The molecule has 6 nitrogen and oxygen atoms in total. The molecule has 2 N–H and O–H groups in total. The van der Waals surface area contributed by atoms with E-state index in [0.717, 1.165) is 44.6 Å². The summed E-state index contributed by atoms with van der Waals surface area (Å²) in [7, 11) is 0. The average molecular weight is 387 g/mol. The summed E-state index contributed by atoms with van der Waals surface area (Å²) in [6, 6.07) is 9.51. The van der Waals surface area contributed by atoms with Crippen LogP contribution in [0.4, 0.5) is 0 Å². The Morgan fingerprint density at radius 1 is 0.893 bits per heavy atom. The fourth-order valence-electron chi connectivity index (χ4n) is 4.14. The zero-order valence-corrected chi connectivity index (χ0v) is 17.1. The van der Waals surface area contributed by atoms with Gasteiger partial charge in [0.05, 0.1) is 12.5 Å². The summed E-state index contributed by atoms with van der Waals surface area (Å²) in [5.41, 5.74) is 7.32. The van der Waals surface area contributed by atoms with Crippen molar-refractivity contribution in [1.82, 2.24) is 14.7 Å². The van der Waals surface area contributed by atoms with Crippen LogP contribution >= 0.6 is 0 Å². The van der Waals surface area contributed by atoms with Gasteiger partial charge in [0.25, 0.3) is 0 Å². The van der Waals surface area contributed by atoms with Crippen LogP contribution in [0.15, 0.2) is 30.3 Å². The number of carbonyl (C=O) groups is 2. The van der Waals surface area contributed by atoms with Crippen LogP contribution in [0.3, 0.4) is 0 Å². The lowest BCUT2D eigenvalue weighted by molar-refractivity contribution is -0.138. The quantitative estimate of drug-likeness (QED) is 0.839. The molecule has 1 aromatic carbocycles. The van der Waals surface area contributed by atoms with Crippen molar-refractivity contribution in [2.24, 2.45) is 11.7 Å². The molecule has 2 heterocycles. The second-order valence-corrected chi connectivity index (χ2v) is 8.12. The van der Waals surface area contributed by atoms with Crippen molar-refractivity contribution in [3.63, 3.8) is 0 Å². The first-order valence-electron chi connectivity index (χ1n) is 10.7. The Hall–Kier alpha value is -1.92. The Bertz CT molecular complexity index is 635. The molecule has 0 spiro atoms. The highest BCUT2D eigenvalue weighted by molar-refractivity contribution is 5.80. The van der Waals surface area contributed by atoms with Gasteiger partial charge < -0.3 is 15.5 Å². The third-order valence-corrected chi connectivity index (χ3v) is 6.11. The molecule has 2 aliphatic heterocycles. The van der Waals surface area contributed by atoms with Gasteiger partial charge in [-0.25, -0.2) is 0 Å². The van der Waals surface area contributed by atoms with Crippen LogP contribution in [-0.4, -0.2) is 72.3 Å². The molecule has 0 bridgehead atoms. The molecule has 2 saturated heterocycles. The van der Waals surface area contributed by atoms with Crippen LogP contribution in [0.1, 0.15) is 44.2 Å². The van der Waals surface area contributed by atoms with Crippen molar-refractivity contribution in [1.29, 1.82) is 0 Å². The molecule has 3 rings (SSSR count). The predicted octanol–water partition coefficient (Wildman–Crippen LogP) is 1.87. The molecule has 0 aromatic heterocycles. The van der Waals surface area contributed by atoms with Gasteiger partial charge in [0.15, 0.2) is 0 Å². The molecular formula is C22H34N4O2. The molecule has 2 unspecified atom stereocenters. The van der Waals surface area contributed by atoms with Gasteiger partial charge >= 0.3 is 0 Å². The minimum Gasteiger partial charge on any atom is -0.342 e. The second-order valence-electron chi connectivity index (χ2n) is 8.12. The zero-order chi connectivity index (χ0) is 19.9. The predicted molar refractivity (Wildman–Crippen MR) is 111 cm³/mol. The number of hydrogen-bond acceptors (Lipinski definition) is 4. The van der Waals surface area contributed by atoms with Gasteiger partial charge in [-0.05, 0) is 18.4 Å². The molecular weight excluding hydrogens is 352 g/mol. The lowest BCUT2D eigenvalue weighted by atomic mass is 9.94. The molecule has 2 fully saturated rings. The molecule has 6 heteroatoms. The summed E-state index contributed by atoms with van der Waals surface area (Å²) < 4.78 is 0. The minimum atomic E-state index is -0.295. The second kappa shape index (κ2) is 10.0. The lowest BCUT2D eigenvalue weighted by Gasteiger charge is -2.37. The first-order valence-corrected chi connectivity index (χ1v) is 10.7. The summed E-state index contributed by atoms with van der Waals surface area (Å²) in [5, 5.41) is 0. The molecule has 28 heavy (non-hydrogen) atoms. The van der Waals surface area contributed by atoms with E-state index in [4.69, 9.17) is 5.73 Å². The number of nitrogens with zero attached hydrogens (tertiary/aromatic N) is 3. The normalized spacial score (nSPS) is 21.1. The van der Waals surface area contributed by atoms with Crippen LogP contribution in [-0.2, 0) is 9.59 Å². The van der Waals surface area contributed by atoms with Crippen LogP contribution in [0, 0.1) is 5.92 Å². The topological polar surface area (TPSA) is 69.9 Å². The molecule has 2 atom stereocenters. The lowest BCUT2D eigenvalue weighted by Crippen LogP contribution is -2.53. The van der Waals surface area contributed by atoms with Crippen molar-refractivity contribution < 1.29 is 9.59 Å². The number of nitrogens with two attached hydrogens (primary N) is 1. The van der Waals surface area contributed by atoms with Crippen molar-refractivity contribution in [3.8, 4) is 0 Å². The number of likely N-dealkylation sites (tertiary alicyclic amines) is 1. The van der Waals surface area contributed by atoms with E-state index in [9.17, 15) is 9.59 Å². The number of amides is 2. The Morgan fingerprint density at radius 3 is 2.11 bits per heavy atom. The molecule has 0 saturated carbocycles. The van der Waals surface area contributed by atoms with E-state index in [-0.39, 0.29) is 23.8 Å². The van der Waals surface area contributed by atoms with Gasteiger partial charge in [-0.1, -0.05) is 50.1 Å². The number of piperazine rings is 1. The Labute approximate surface area is 168 Å². The minimum absolute atomic E-state index is 0.106. The highest BCUT2D eigenvalue weighted by Gasteiger charge is 2.30. The first-order chi connectivity index (χ1) is 13.6.